The second-order valence-electron chi connectivity index (χ2n) is 7.14. The largest absolute Gasteiger partial charge is 0.488 e. The molecule has 0 saturated carbocycles. The Kier molecular flexibility index (Phi) is 4.79. The number of rotatable bonds is 4. The van der Waals surface area contributed by atoms with Crippen molar-refractivity contribution in [3.8, 4) is 23.0 Å². The number of ketones is 1. The van der Waals surface area contributed by atoms with Crippen molar-refractivity contribution >= 4 is 23.5 Å². The molecule has 0 aromatic heterocycles. The van der Waals surface area contributed by atoms with Gasteiger partial charge in [-0.15, -0.1) is 0 Å². The smallest absolute Gasteiger partial charge is 0.231 e. The minimum absolute atomic E-state index is 0.159. The SMILES string of the molecule is Cc1c(OCc2ccc(F)cc2Cl)ccc2c1O/C(=C\c1ccc3c(c1)OCO3)C2=O. The summed E-state index contributed by atoms with van der Waals surface area (Å²) in [5, 5.41) is 0.291. The molecule has 0 aliphatic carbocycles. The maximum absolute atomic E-state index is 13.2. The van der Waals surface area contributed by atoms with Gasteiger partial charge in [-0.3, -0.25) is 4.79 Å². The van der Waals surface area contributed by atoms with Crippen LogP contribution in [-0.2, 0) is 6.61 Å². The van der Waals surface area contributed by atoms with E-state index >= 15 is 0 Å². The summed E-state index contributed by atoms with van der Waals surface area (Å²) < 4.78 is 35.7. The van der Waals surface area contributed by atoms with Gasteiger partial charge in [0, 0.05) is 11.1 Å². The Morgan fingerprint density at radius 1 is 1.10 bits per heavy atom. The molecule has 5 rings (SSSR count). The lowest BCUT2D eigenvalue weighted by Crippen LogP contribution is -1.99. The molecular formula is C24H16ClFO5. The average molecular weight is 439 g/mol. The van der Waals surface area contributed by atoms with Crippen LogP contribution in [0.1, 0.15) is 27.0 Å². The Labute approximate surface area is 182 Å². The molecule has 2 aliphatic heterocycles. The second kappa shape index (κ2) is 7.63. The van der Waals surface area contributed by atoms with Crippen molar-refractivity contribution in [3.63, 3.8) is 0 Å². The maximum atomic E-state index is 13.2. The first-order chi connectivity index (χ1) is 15.0. The first kappa shape index (κ1) is 19.5. The molecule has 0 amide bonds. The number of hydrogen-bond donors (Lipinski definition) is 0. The molecule has 31 heavy (non-hydrogen) atoms. The number of allylic oxidation sites excluding steroid dienone is 1. The average Bonchev–Trinajstić information content (AvgIpc) is 3.34. The van der Waals surface area contributed by atoms with Crippen molar-refractivity contribution in [1.82, 2.24) is 0 Å². The highest BCUT2D eigenvalue weighted by molar-refractivity contribution is 6.31. The number of fused-ring (bicyclic) bond motifs is 2. The lowest BCUT2D eigenvalue weighted by molar-refractivity contribution is 0.101. The summed E-state index contributed by atoms with van der Waals surface area (Å²) in [5.74, 6) is 1.92. The molecule has 0 atom stereocenters. The van der Waals surface area contributed by atoms with Gasteiger partial charge >= 0.3 is 0 Å². The van der Waals surface area contributed by atoms with Gasteiger partial charge in [0.15, 0.2) is 17.3 Å². The fourth-order valence-corrected chi connectivity index (χ4v) is 3.69. The van der Waals surface area contributed by atoms with Crippen LogP contribution < -0.4 is 18.9 Å². The fraction of sp³-hybridized carbons (Fsp3) is 0.125. The molecule has 0 spiro atoms. The molecule has 0 N–H and O–H groups in total. The zero-order valence-corrected chi connectivity index (χ0v) is 17.2. The molecule has 156 valence electrons. The molecule has 5 nitrogen and oxygen atoms in total. The van der Waals surface area contributed by atoms with Crippen LogP contribution in [0, 0.1) is 12.7 Å². The van der Waals surface area contributed by atoms with Gasteiger partial charge in [-0.25, -0.2) is 4.39 Å². The van der Waals surface area contributed by atoms with E-state index in [4.69, 9.17) is 30.5 Å². The van der Waals surface area contributed by atoms with Crippen LogP contribution >= 0.6 is 11.6 Å². The molecule has 0 saturated heterocycles. The predicted octanol–water partition coefficient (Wildman–Crippen LogP) is 5.71. The third-order valence-electron chi connectivity index (χ3n) is 5.13. The Bertz CT molecular complexity index is 1250. The lowest BCUT2D eigenvalue weighted by atomic mass is 10.1. The maximum Gasteiger partial charge on any atom is 0.231 e. The van der Waals surface area contributed by atoms with E-state index in [0.717, 1.165) is 5.56 Å². The summed E-state index contributed by atoms with van der Waals surface area (Å²) in [5.41, 5.74) is 2.58. The van der Waals surface area contributed by atoms with Crippen molar-refractivity contribution in [3.05, 3.63) is 87.4 Å². The molecule has 2 aliphatic rings. The second-order valence-corrected chi connectivity index (χ2v) is 7.55. The number of benzene rings is 3. The van der Waals surface area contributed by atoms with Gasteiger partial charge in [-0.05, 0) is 55.0 Å². The predicted molar refractivity (Wildman–Crippen MR) is 112 cm³/mol. The van der Waals surface area contributed by atoms with E-state index in [2.05, 4.69) is 0 Å². The zero-order chi connectivity index (χ0) is 21.5. The van der Waals surface area contributed by atoms with Crippen molar-refractivity contribution < 1.29 is 28.1 Å². The highest BCUT2D eigenvalue weighted by Gasteiger charge is 2.30. The van der Waals surface area contributed by atoms with Gasteiger partial charge in [0.1, 0.15) is 23.9 Å². The monoisotopic (exact) mass is 438 g/mol. The molecule has 3 aromatic rings. The first-order valence-electron chi connectivity index (χ1n) is 9.54. The molecule has 0 radical (unpaired) electrons. The molecule has 0 bridgehead atoms. The van der Waals surface area contributed by atoms with Crippen LogP contribution in [0.25, 0.3) is 6.08 Å². The van der Waals surface area contributed by atoms with E-state index in [0.29, 0.717) is 44.7 Å². The Morgan fingerprint density at radius 3 is 2.77 bits per heavy atom. The van der Waals surface area contributed by atoms with E-state index in [9.17, 15) is 9.18 Å². The van der Waals surface area contributed by atoms with Gasteiger partial charge < -0.3 is 18.9 Å². The van der Waals surface area contributed by atoms with Crippen molar-refractivity contribution in [2.24, 2.45) is 0 Å². The van der Waals surface area contributed by atoms with E-state index in [-0.39, 0.29) is 24.9 Å². The third-order valence-corrected chi connectivity index (χ3v) is 5.48. The van der Waals surface area contributed by atoms with E-state index in [1.165, 1.54) is 12.1 Å². The Balaban J connectivity index is 1.38. The lowest BCUT2D eigenvalue weighted by Gasteiger charge is -2.12. The van der Waals surface area contributed by atoms with Gasteiger partial charge in [0.2, 0.25) is 12.6 Å². The molecule has 0 unspecified atom stereocenters. The standard InChI is InChI=1S/C24H16ClFO5/c1-13-19(28-11-15-3-4-16(26)10-18(15)25)7-5-17-23(27)22(31-24(13)17)9-14-2-6-20-21(8-14)30-12-29-20/h2-10H,11-12H2,1H3/b22-9-. The molecular weight excluding hydrogens is 423 g/mol. The number of hydrogen-bond acceptors (Lipinski definition) is 5. The molecule has 2 heterocycles. The van der Waals surface area contributed by atoms with Gasteiger partial charge in [0.25, 0.3) is 0 Å². The van der Waals surface area contributed by atoms with E-state index in [1.807, 2.05) is 13.0 Å². The number of carbonyl (C=O) groups is 1. The Hall–Kier alpha value is -3.51. The van der Waals surface area contributed by atoms with Gasteiger partial charge in [-0.1, -0.05) is 23.7 Å². The number of Topliss-reactive ketones (excluding diaryl/α,β-unsaturated/α-hetero) is 1. The van der Waals surface area contributed by atoms with E-state index < -0.39 is 5.82 Å². The fourth-order valence-electron chi connectivity index (χ4n) is 3.47. The van der Waals surface area contributed by atoms with Crippen molar-refractivity contribution in [2.45, 2.75) is 13.5 Å². The summed E-state index contributed by atoms with van der Waals surface area (Å²) in [6.07, 6.45) is 1.67. The minimum Gasteiger partial charge on any atom is -0.488 e. The Morgan fingerprint density at radius 2 is 1.94 bits per heavy atom. The normalized spacial score (nSPS) is 15.2. The molecule has 7 heteroatoms. The molecule has 3 aromatic carbocycles. The van der Waals surface area contributed by atoms with Crippen molar-refractivity contribution in [1.29, 1.82) is 0 Å². The van der Waals surface area contributed by atoms with Crippen LogP contribution in [-0.4, -0.2) is 12.6 Å². The van der Waals surface area contributed by atoms with Crippen LogP contribution in [0.5, 0.6) is 23.0 Å². The van der Waals surface area contributed by atoms with Crippen LogP contribution in [0.15, 0.2) is 54.3 Å². The summed E-state index contributed by atoms with van der Waals surface area (Å²) in [6.45, 7) is 2.16. The highest BCUT2D eigenvalue weighted by Crippen LogP contribution is 2.40. The van der Waals surface area contributed by atoms with Crippen LogP contribution in [0.2, 0.25) is 5.02 Å². The van der Waals surface area contributed by atoms with Crippen molar-refractivity contribution in [2.75, 3.05) is 6.79 Å². The summed E-state index contributed by atoms with van der Waals surface area (Å²) in [4.78, 5) is 12.8. The molecule has 0 fully saturated rings. The third kappa shape index (κ3) is 3.59. The topological polar surface area (TPSA) is 54.0 Å². The van der Waals surface area contributed by atoms with Crippen LogP contribution in [0.3, 0.4) is 0 Å². The van der Waals surface area contributed by atoms with E-state index in [1.54, 1.807) is 36.4 Å². The zero-order valence-electron chi connectivity index (χ0n) is 16.4. The number of halogens is 2. The summed E-state index contributed by atoms with van der Waals surface area (Å²) in [6, 6.07) is 12.9. The van der Waals surface area contributed by atoms with Gasteiger partial charge in [0.05, 0.1) is 10.6 Å². The summed E-state index contributed by atoms with van der Waals surface area (Å²) in [7, 11) is 0. The summed E-state index contributed by atoms with van der Waals surface area (Å²) >= 11 is 6.07. The number of carbonyl (C=O) groups excluding carboxylic acids is 1. The van der Waals surface area contributed by atoms with Crippen LogP contribution in [0.4, 0.5) is 4.39 Å². The quantitative estimate of drug-likeness (QED) is 0.488. The minimum atomic E-state index is -0.406. The first-order valence-corrected chi connectivity index (χ1v) is 9.91. The highest BCUT2D eigenvalue weighted by atomic mass is 35.5. The number of ether oxygens (including phenoxy) is 4. The van der Waals surface area contributed by atoms with Gasteiger partial charge in [-0.2, -0.15) is 0 Å².